The molecule has 1 saturated heterocycles. The number of aryl methyl sites for hydroxylation is 1. The Balaban J connectivity index is 1.83. The van der Waals surface area contributed by atoms with Gasteiger partial charge in [0.05, 0.1) is 18.2 Å². The molecule has 1 fully saturated rings. The maximum Gasteiger partial charge on any atom is 0.309 e. The van der Waals surface area contributed by atoms with Gasteiger partial charge in [-0.05, 0) is 41.8 Å². The van der Waals surface area contributed by atoms with Gasteiger partial charge in [-0.2, -0.15) is 0 Å². The predicted octanol–water partition coefficient (Wildman–Crippen LogP) is 5.59. The van der Waals surface area contributed by atoms with E-state index in [1.54, 1.807) is 12.1 Å². The van der Waals surface area contributed by atoms with Crippen LogP contribution >= 0.6 is 0 Å². The molecule has 1 N–H and O–H groups in total. The summed E-state index contributed by atoms with van der Waals surface area (Å²) in [5, 5.41) is 9.92. The fraction of sp³-hybridized carbons (Fsp3) is 0.259. The summed E-state index contributed by atoms with van der Waals surface area (Å²) < 4.78 is 19.0. The molecule has 2 heterocycles. The number of hydrogen-bond donors (Lipinski definition) is 1. The van der Waals surface area contributed by atoms with Crippen molar-refractivity contribution < 1.29 is 19.0 Å². The Labute approximate surface area is 187 Å². The largest absolute Gasteiger partial charge is 0.458 e. The lowest BCUT2D eigenvalue weighted by atomic mass is 9.93. The van der Waals surface area contributed by atoms with Gasteiger partial charge in [-0.25, -0.2) is 4.39 Å². The van der Waals surface area contributed by atoms with Crippen molar-refractivity contribution in [2.24, 2.45) is 0 Å². The fourth-order valence-corrected chi connectivity index (χ4v) is 3.98. The van der Waals surface area contributed by atoms with Gasteiger partial charge < -0.3 is 9.84 Å². The first kappa shape index (κ1) is 21.9. The molecule has 1 aliphatic heterocycles. The van der Waals surface area contributed by atoms with Crippen molar-refractivity contribution in [1.82, 2.24) is 4.98 Å². The minimum atomic E-state index is -0.698. The number of aliphatic hydroxyl groups is 1. The van der Waals surface area contributed by atoms with Crippen LogP contribution in [0.4, 0.5) is 4.39 Å². The summed E-state index contributed by atoms with van der Waals surface area (Å²) in [5.41, 5.74) is 5.50. The lowest BCUT2D eigenvalue weighted by molar-refractivity contribution is -0.156. The van der Waals surface area contributed by atoms with Crippen LogP contribution in [-0.4, -0.2) is 28.3 Å². The van der Waals surface area contributed by atoms with Crippen molar-refractivity contribution in [3.8, 4) is 22.4 Å². The van der Waals surface area contributed by atoms with Gasteiger partial charge in [0, 0.05) is 23.2 Å². The van der Waals surface area contributed by atoms with Crippen molar-refractivity contribution >= 4 is 12.0 Å². The third-order valence-electron chi connectivity index (χ3n) is 5.52. The average molecular weight is 432 g/mol. The number of carbonyl (C=O) groups is 1. The van der Waals surface area contributed by atoms with Crippen LogP contribution in [0.5, 0.6) is 0 Å². The molecule has 164 valence electrons. The molecule has 5 heteroatoms. The van der Waals surface area contributed by atoms with E-state index in [-0.39, 0.29) is 12.2 Å². The normalized spacial score (nSPS) is 18.7. The summed E-state index contributed by atoms with van der Waals surface area (Å²) in [7, 11) is 0. The van der Waals surface area contributed by atoms with Crippen LogP contribution in [-0.2, 0) is 16.0 Å². The first-order valence-electron chi connectivity index (χ1n) is 10.9. The van der Waals surface area contributed by atoms with E-state index in [1.807, 2.05) is 48.6 Å². The highest BCUT2D eigenvalue weighted by molar-refractivity contribution is 5.80. The van der Waals surface area contributed by atoms with E-state index in [0.717, 1.165) is 46.5 Å². The number of esters is 1. The van der Waals surface area contributed by atoms with Crippen LogP contribution in [0.25, 0.3) is 28.5 Å². The number of nitrogens with zero attached hydrogens (tertiary/aromatic N) is 1. The summed E-state index contributed by atoms with van der Waals surface area (Å²) in [6.07, 6.45) is 4.61. The third kappa shape index (κ3) is 5.11. The molecule has 4 rings (SSSR count). The molecule has 0 bridgehead atoms. The van der Waals surface area contributed by atoms with Crippen molar-refractivity contribution in [2.75, 3.05) is 0 Å². The highest BCUT2D eigenvalue weighted by Crippen LogP contribution is 2.32. The standard InChI is InChI=1S/C27H26FNO3/c1-2-6-25-23(14-13-22-15-21(30)16-27(31)32-22)24(18-9-11-20(28)12-10-18)17-26(29-25)19-7-4-3-5-8-19/h3-5,7-14,17,21-22,30H,2,6,15-16H2,1H3/b14-13+/t21-,22-/m1/s1. The Morgan fingerprint density at radius 2 is 1.88 bits per heavy atom. The fourth-order valence-electron chi connectivity index (χ4n) is 3.98. The van der Waals surface area contributed by atoms with Gasteiger partial charge in [0.2, 0.25) is 0 Å². The lowest BCUT2D eigenvalue weighted by Gasteiger charge is -2.23. The van der Waals surface area contributed by atoms with Crippen LogP contribution in [0.3, 0.4) is 0 Å². The zero-order valence-electron chi connectivity index (χ0n) is 18.0. The van der Waals surface area contributed by atoms with Gasteiger partial charge in [0.1, 0.15) is 11.9 Å². The topological polar surface area (TPSA) is 59.4 Å². The average Bonchev–Trinajstić information content (AvgIpc) is 2.78. The van der Waals surface area contributed by atoms with Gasteiger partial charge in [-0.15, -0.1) is 0 Å². The number of pyridine rings is 1. The van der Waals surface area contributed by atoms with Gasteiger partial charge in [-0.1, -0.05) is 61.9 Å². The first-order chi connectivity index (χ1) is 15.5. The molecule has 0 amide bonds. The zero-order valence-corrected chi connectivity index (χ0v) is 18.0. The number of rotatable bonds is 6. The minimum absolute atomic E-state index is 0.0274. The van der Waals surface area contributed by atoms with Gasteiger partial charge in [0.25, 0.3) is 0 Å². The van der Waals surface area contributed by atoms with Gasteiger partial charge in [-0.3, -0.25) is 9.78 Å². The SMILES string of the molecule is CCCc1nc(-c2ccccc2)cc(-c2ccc(F)cc2)c1/C=C/[C@@H]1C[C@@H](O)CC(=O)O1. The summed E-state index contributed by atoms with van der Waals surface area (Å²) in [6.45, 7) is 2.10. The summed E-state index contributed by atoms with van der Waals surface area (Å²) >= 11 is 0. The smallest absolute Gasteiger partial charge is 0.309 e. The Bertz CT molecular complexity index is 1110. The van der Waals surface area contributed by atoms with Gasteiger partial charge >= 0.3 is 5.97 Å². The van der Waals surface area contributed by atoms with Crippen molar-refractivity contribution in [1.29, 1.82) is 0 Å². The number of aliphatic hydroxyl groups excluding tert-OH is 1. The number of ether oxygens (including phenoxy) is 1. The molecule has 2 aromatic carbocycles. The molecular formula is C27H26FNO3. The molecule has 0 unspecified atom stereocenters. The van der Waals surface area contributed by atoms with E-state index >= 15 is 0 Å². The summed E-state index contributed by atoms with van der Waals surface area (Å²) in [6, 6.07) is 18.4. The van der Waals surface area contributed by atoms with Crippen LogP contribution in [0, 0.1) is 5.82 Å². The molecule has 1 aliphatic rings. The number of benzene rings is 2. The maximum atomic E-state index is 13.6. The van der Waals surface area contributed by atoms with E-state index in [0.29, 0.717) is 6.42 Å². The molecule has 0 radical (unpaired) electrons. The van der Waals surface area contributed by atoms with E-state index in [4.69, 9.17) is 9.72 Å². The molecule has 4 nitrogen and oxygen atoms in total. The molecular weight excluding hydrogens is 405 g/mol. The Hall–Kier alpha value is -3.31. The number of carbonyl (C=O) groups excluding carboxylic acids is 1. The first-order valence-corrected chi connectivity index (χ1v) is 10.9. The van der Waals surface area contributed by atoms with Crippen molar-refractivity contribution in [3.63, 3.8) is 0 Å². The van der Waals surface area contributed by atoms with E-state index < -0.39 is 18.2 Å². The second-order valence-corrected chi connectivity index (χ2v) is 8.02. The third-order valence-corrected chi connectivity index (χ3v) is 5.52. The molecule has 0 spiro atoms. The van der Waals surface area contributed by atoms with E-state index in [9.17, 15) is 14.3 Å². The lowest BCUT2D eigenvalue weighted by Crippen LogP contribution is -2.31. The summed E-state index contributed by atoms with van der Waals surface area (Å²) in [4.78, 5) is 16.7. The highest BCUT2D eigenvalue weighted by Gasteiger charge is 2.25. The van der Waals surface area contributed by atoms with Crippen molar-refractivity contribution in [2.45, 2.75) is 44.8 Å². The Kier molecular flexibility index (Phi) is 6.76. The second-order valence-electron chi connectivity index (χ2n) is 8.02. The maximum absolute atomic E-state index is 13.6. The summed E-state index contributed by atoms with van der Waals surface area (Å²) in [5.74, 6) is -0.691. The zero-order chi connectivity index (χ0) is 22.5. The van der Waals surface area contributed by atoms with E-state index in [1.165, 1.54) is 12.1 Å². The second kappa shape index (κ2) is 9.88. The van der Waals surface area contributed by atoms with Crippen LogP contribution in [0.15, 0.2) is 66.7 Å². The minimum Gasteiger partial charge on any atom is -0.458 e. The van der Waals surface area contributed by atoms with E-state index in [2.05, 4.69) is 6.92 Å². The number of cyclic esters (lactones) is 1. The molecule has 0 saturated carbocycles. The molecule has 32 heavy (non-hydrogen) atoms. The monoisotopic (exact) mass is 431 g/mol. The number of aromatic nitrogens is 1. The molecule has 2 atom stereocenters. The van der Waals surface area contributed by atoms with Crippen LogP contribution < -0.4 is 0 Å². The molecule has 1 aromatic heterocycles. The van der Waals surface area contributed by atoms with Crippen LogP contribution in [0.1, 0.15) is 37.4 Å². The molecule has 0 aliphatic carbocycles. The van der Waals surface area contributed by atoms with Crippen molar-refractivity contribution in [3.05, 3.63) is 83.8 Å². The van der Waals surface area contributed by atoms with Gasteiger partial charge in [0.15, 0.2) is 0 Å². The Morgan fingerprint density at radius 1 is 1.12 bits per heavy atom. The number of halogens is 1. The highest BCUT2D eigenvalue weighted by atomic mass is 19.1. The number of hydrogen-bond acceptors (Lipinski definition) is 4. The predicted molar refractivity (Wildman–Crippen MR) is 123 cm³/mol. The Morgan fingerprint density at radius 3 is 2.56 bits per heavy atom. The van der Waals surface area contributed by atoms with Crippen LogP contribution in [0.2, 0.25) is 0 Å². The molecule has 3 aromatic rings. The quantitative estimate of drug-likeness (QED) is 0.517.